The molecule has 2 N–H and O–H groups in total. The zero-order valence-corrected chi connectivity index (χ0v) is 12.2. The second-order valence-electron chi connectivity index (χ2n) is 5.75. The molecule has 1 aliphatic heterocycles. The Morgan fingerprint density at radius 1 is 1.40 bits per heavy atom. The first-order valence-corrected chi connectivity index (χ1v) is 7.23. The van der Waals surface area contributed by atoms with Crippen LogP contribution >= 0.6 is 0 Å². The summed E-state index contributed by atoms with van der Waals surface area (Å²) in [7, 11) is 0. The number of hydrogen-bond acceptors (Lipinski definition) is 4. The quantitative estimate of drug-likeness (QED) is 0.678. The molecule has 0 bridgehead atoms. The smallest absolute Gasteiger partial charge is 0.269 e. The summed E-state index contributed by atoms with van der Waals surface area (Å²) >= 11 is 0. The minimum Gasteiger partial charge on any atom is -0.330 e. The third-order valence-corrected chi connectivity index (χ3v) is 4.44. The van der Waals surface area contributed by atoms with Crippen LogP contribution in [0.15, 0.2) is 24.3 Å². The highest BCUT2D eigenvalue weighted by atomic mass is 16.6. The van der Waals surface area contributed by atoms with Crippen molar-refractivity contribution in [3.63, 3.8) is 0 Å². The van der Waals surface area contributed by atoms with E-state index in [9.17, 15) is 10.1 Å². The molecule has 20 heavy (non-hydrogen) atoms. The van der Waals surface area contributed by atoms with E-state index in [4.69, 9.17) is 5.73 Å². The van der Waals surface area contributed by atoms with Gasteiger partial charge in [-0.1, -0.05) is 12.1 Å². The topological polar surface area (TPSA) is 72.4 Å². The zero-order chi connectivity index (χ0) is 14.7. The molecule has 2 rings (SSSR count). The lowest BCUT2D eigenvalue weighted by atomic mass is 9.91. The summed E-state index contributed by atoms with van der Waals surface area (Å²) in [5.74, 6) is 0.562. The monoisotopic (exact) mass is 277 g/mol. The van der Waals surface area contributed by atoms with Gasteiger partial charge >= 0.3 is 0 Å². The molecule has 3 atom stereocenters. The van der Waals surface area contributed by atoms with Gasteiger partial charge in [-0.15, -0.1) is 0 Å². The van der Waals surface area contributed by atoms with Crippen LogP contribution in [-0.2, 0) is 0 Å². The lowest BCUT2D eigenvalue weighted by Gasteiger charge is -2.41. The molecule has 110 valence electrons. The van der Waals surface area contributed by atoms with Crippen molar-refractivity contribution in [1.29, 1.82) is 0 Å². The van der Waals surface area contributed by atoms with Crippen molar-refractivity contribution >= 4 is 5.69 Å². The third-order valence-electron chi connectivity index (χ3n) is 4.44. The van der Waals surface area contributed by atoms with Crippen LogP contribution in [0.3, 0.4) is 0 Å². The minimum atomic E-state index is -0.359. The Labute approximate surface area is 119 Å². The fourth-order valence-electron chi connectivity index (χ4n) is 3.01. The molecule has 0 amide bonds. The molecule has 5 heteroatoms. The van der Waals surface area contributed by atoms with Gasteiger partial charge < -0.3 is 5.73 Å². The molecule has 1 aliphatic rings. The molecular weight excluding hydrogens is 254 g/mol. The number of nitro groups is 1. The summed E-state index contributed by atoms with van der Waals surface area (Å²) in [6, 6.07) is 7.69. The van der Waals surface area contributed by atoms with Crippen LogP contribution in [-0.4, -0.2) is 29.0 Å². The van der Waals surface area contributed by atoms with Gasteiger partial charge in [0.25, 0.3) is 5.69 Å². The number of non-ortho nitro benzene ring substituents is 1. The predicted octanol–water partition coefficient (Wildman–Crippen LogP) is 2.72. The Kier molecular flexibility index (Phi) is 4.73. The maximum Gasteiger partial charge on any atom is 0.269 e. The molecule has 1 aromatic rings. The second-order valence-corrected chi connectivity index (χ2v) is 5.75. The number of piperidine rings is 1. The number of rotatable bonds is 4. The van der Waals surface area contributed by atoms with Crippen LogP contribution < -0.4 is 5.73 Å². The van der Waals surface area contributed by atoms with Gasteiger partial charge in [-0.05, 0) is 44.7 Å². The number of likely N-dealkylation sites (tertiary alicyclic amines) is 1. The maximum atomic E-state index is 10.7. The van der Waals surface area contributed by atoms with Gasteiger partial charge in [0.2, 0.25) is 0 Å². The normalized spacial score (nSPS) is 25.4. The van der Waals surface area contributed by atoms with E-state index in [1.165, 1.54) is 12.8 Å². The van der Waals surface area contributed by atoms with Crippen molar-refractivity contribution in [1.82, 2.24) is 4.90 Å². The Hall–Kier alpha value is -1.46. The molecule has 0 radical (unpaired) electrons. The average Bonchev–Trinajstić information content (AvgIpc) is 2.47. The Balaban J connectivity index is 2.12. The van der Waals surface area contributed by atoms with E-state index in [0.29, 0.717) is 12.0 Å². The van der Waals surface area contributed by atoms with Crippen LogP contribution in [0.4, 0.5) is 5.69 Å². The largest absolute Gasteiger partial charge is 0.330 e. The summed E-state index contributed by atoms with van der Waals surface area (Å²) < 4.78 is 0. The van der Waals surface area contributed by atoms with Crippen molar-refractivity contribution in [3.05, 3.63) is 39.9 Å². The summed E-state index contributed by atoms with van der Waals surface area (Å²) in [5.41, 5.74) is 7.07. The molecule has 1 fully saturated rings. The number of nitrogens with two attached hydrogens (primary N) is 1. The van der Waals surface area contributed by atoms with Gasteiger partial charge in [-0.2, -0.15) is 0 Å². The van der Waals surface area contributed by atoms with Gasteiger partial charge in [0.1, 0.15) is 0 Å². The van der Waals surface area contributed by atoms with Crippen LogP contribution in [0.1, 0.15) is 38.3 Å². The highest BCUT2D eigenvalue weighted by Crippen LogP contribution is 2.30. The molecule has 0 spiro atoms. The van der Waals surface area contributed by atoms with Crippen molar-refractivity contribution in [2.45, 2.75) is 38.8 Å². The van der Waals surface area contributed by atoms with Gasteiger partial charge in [-0.3, -0.25) is 15.0 Å². The second kappa shape index (κ2) is 6.33. The fourth-order valence-corrected chi connectivity index (χ4v) is 3.01. The van der Waals surface area contributed by atoms with Gasteiger partial charge in [0, 0.05) is 30.8 Å². The summed E-state index contributed by atoms with van der Waals surface area (Å²) in [4.78, 5) is 12.8. The van der Waals surface area contributed by atoms with Crippen LogP contribution in [0.25, 0.3) is 0 Å². The number of benzene rings is 1. The van der Waals surface area contributed by atoms with Crippen molar-refractivity contribution in [2.75, 3.05) is 13.1 Å². The van der Waals surface area contributed by atoms with E-state index in [2.05, 4.69) is 18.7 Å². The van der Waals surface area contributed by atoms with Gasteiger partial charge in [-0.25, -0.2) is 0 Å². The summed E-state index contributed by atoms with van der Waals surface area (Å²) in [6.45, 7) is 6.15. The van der Waals surface area contributed by atoms with Crippen molar-refractivity contribution in [3.8, 4) is 0 Å². The number of nitro benzene ring substituents is 1. The molecule has 0 saturated carbocycles. The Morgan fingerprint density at radius 3 is 2.60 bits per heavy atom. The third kappa shape index (κ3) is 3.16. The maximum absolute atomic E-state index is 10.7. The Bertz CT molecular complexity index is 461. The summed E-state index contributed by atoms with van der Waals surface area (Å²) in [6.07, 6.45) is 2.36. The van der Waals surface area contributed by atoms with E-state index in [0.717, 1.165) is 18.7 Å². The molecule has 1 saturated heterocycles. The highest BCUT2D eigenvalue weighted by molar-refractivity contribution is 5.34. The van der Waals surface area contributed by atoms with Crippen LogP contribution in [0.5, 0.6) is 0 Å². The van der Waals surface area contributed by atoms with Gasteiger partial charge in [0.05, 0.1) is 4.92 Å². The molecule has 3 unspecified atom stereocenters. The van der Waals surface area contributed by atoms with E-state index in [1.807, 2.05) is 12.1 Å². The molecule has 1 heterocycles. The standard InChI is InChI=1S/C15H23N3O2/c1-11-3-4-13(9-16)10-17(11)12(2)14-5-7-15(8-6-14)18(19)20/h5-8,11-13H,3-4,9-10,16H2,1-2H3. The Morgan fingerprint density at radius 2 is 2.05 bits per heavy atom. The van der Waals surface area contributed by atoms with Crippen molar-refractivity contribution in [2.24, 2.45) is 11.7 Å². The molecule has 5 nitrogen and oxygen atoms in total. The lowest BCUT2D eigenvalue weighted by molar-refractivity contribution is -0.384. The van der Waals surface area contributed by atoms with E-state index >= 15 is 0 Å². The lowest BCUT2D eigenvalue weighted by Crippen LogP contribution is -2.44. The highest BCUT2D eigenvalue weighted by Gasteiger charge is 2.28. The van der Waals surface area contributed by atoms with Crippen LogP contribution in [0.2, 0.25) is 0 Å². The van der Waals surface area contributed by atoms with Crippen LogP contribution in [0, 0.1) is 16.0 Å². The van der Waals surface area contributed by atoms with E-state index < -0.39 is 0 Å². The fraction of sp³-hybridized carbons (Fsp3) is 0.600. The first kappa shape index (κ1) is 14.9. The number of hydrogen-bond donors (Lipinski definition) is 1. The van der Waals surface area contributed by atoms with E-state index in [1.54, 1.807) is 12.1 Å². The molecule has 0 aliphatic carbocycles. The first-order chi connectivity index (χ1) is 9.52. The molecular formula is C15H23N3O2. The molecule has 1 aromatic carbocycles. The van der Waals surface area contributed by atoms with E-state index in [-0.39, 0.29) is 16.7 Å². The molecule has 0 aromatic heterocycles. The van der Waals surface area contributed by atoms with Crippen molar-refractivity contribution < 1.29 is 4.92 Å². The minimum absolute atomic E-state index is 0.146. The number of nitrogens with zero attached hydrogens (tertiary/aromatic N) is 2. The summed E-state index contributed by atoms with van der Waals surface area (Å²) in [5, 5.41) is 10.7. The predicted molar refractivity (Wildman–Crippen MR) is 79.5 cm³/mol. The SMILES string of the molecule is CC1CCC(CN)CN1C(C)c1ccc([N+](=O)[O-])cc1. The zero-order valence-electron chi connectivity index (χ0n) is 12.2. The average molecular weight is 277 g/mol. The van der Waals surface area contributed by atoms with Gasteiger partial charge in [0.15, 0.2) is 0 Å². The first-order valence-electron chi connectivity index (χ1n) is 7.23.